The Labute approximate surface area is 66.1 Å². The molecule has 0 aromatic carbocycles. The highest BCUT2D eigenvalue weighted by atomic mass is 16.1. The fourth-order valence-electron chi connectivity index (χ4n) is 0.787. The third-order valence-corrected chi connectivity index (χ3v) is 1.42. The highest BCUT2D eigenvalue weighted by molar-refractivity contribution is 5.63. The van der Waals surface area contributed by atoms with Crippen LogP contribution in [0.1, 0.15) is 19.3 Å². The van der Waals surface area contributed by atoms with Gasteiger partial charge in [0.1, 0.15) is 6.29 Å². The van der Waals surface area contributed by atoms with Gasteiger partial charge in [0.2, 0.25) is 6.41 Å². The molecule has 1 atom stereocenters. The van der Waals surface area contributed by atoms with E-state index in [2.05, 4.69) is 5.32 Å². The van der Waals surface area contributed by atoms with Gasteiger partial charge in [-0.2, -0.15) is 0 Å². The first-order chi connectivity index (χ1) is 5.35. The lowest BCUT2D eigenvalue weighted by Crippen LogP contribution is -2.29. The Balaban J connectivity index is 3.35. The van der Waals surface area contributed by atoms with Crippen molar-refractivity contribution in [3.63, 3.8) is 0 Å². The minimum absolute atomic E-state index is 0.334. The number of amides is 1. The normalized spacial score (nSPS) is 12.1. The molecule has 0 bridgehead atoms. The number of hydrogen-bond acceptors (Lipinski definition) is 3. The van der Waals surface area contributed by atoms with Gasteiger partial charge in [-0.05, 0) is 25.8 Å². The summed E-state index contributed by atoms with van der Waals surface area (Å²) in [6.45, 7) is 0.632. The van der Waals surface area contributed by atoms with E-state index in [0.29, 0.717) is 19.4 Å². The van der Waals surface area contributed by atoms with Crippen LogP contribution >= 0.6 is 0 Å². The summed E-state index contributed by atoms with van der Waals surface area (Å²) in [4.78, 5) is 20.1. The van der Waals surface area contributed by atoms with Crippen LogP contribution in [0, 0.1) is 0 Å². The fraction of sp³-hybridized carbons (Fsp3) is 0.714. The van der Waals surface area contributed by atoms with E-state index in [-0.39, 0.29) is 6.04 Å². The number of nitrogens with one attached hydrogen (secondary N) is 1. The summed E-state index contributed by atoms with van der Waals surface area (Å²) in [6.07, 6.45) is 3.73. The van der Waals surface area contributed by atoms with Gasteiger partial charge in [0, 0.05) is 0 Å². The lowest BCUT2D eigenvalue weighted by molar-refractivity contribution is -0.115. The molecule has 3 N–H and O–H groups in total. The smallest absolute Gasteiger partial charge is 0.207 e. The van der Waals surface area contributed by atoms with Gasteiger partial charge in [0.25, 0.3) is 0 Å². The van der Waals surface area contributed by atoms with Crippen molar-refractivity contribution in [1.82, 2.24) is 5.32 Å². The second kappa shape index (κ2) is 7.21. The number of aldehydes is 1. The maximum Gasteiger partial charge on any atom is 0.207 e. The molecule has 11 heavy (non-hydrogen) atoms. The van der Waals surface area contributed by atoms with Crippen molar-refractivity contribution in [2.45, 2.75) is 25.3 Å². The Morgan fingerprint density at radius 3 is 2.55 bits per heavy atom. The molecular weight excluding hydrogens is 144 g/mol. The summed E-state index contributed by atoms with van der Waals surface area (Å²) in [6, 6.07) is -0.334. The van der Waals surface area contributed by atoms with E-state index in [4.69, 9.17) is 5.73 Å². The van der Waals surface area contributed by atoms with Crippen LogP contribution in [-0.4, -0.2) is 25.3 Å². The Hall–Kier alpha value is -0.900. The molecule has 1 amide bonds. The predicted octanol–water partition coefficient (Wildman–Crippen LogP) is -0.571. The fourth-order valence-corrected chi connectivity index (χ4v) is 0.787. The summed E-state index contributed by atoms with van der Waals surface area (Å²) in [5.41, 5.74) is 5.25. The molecule has 0 aliphatic heterocycles. The third kappa shape index (κ3) is 5.54. The molecule has 0 saturated heterocycles. The number of carbonyl (C=O) groups excluding carboxylic acids is 2. The van der Waals surface area contributed by atoms with E-state index in [1.807, 2.05) is 0 Å². The van der Waals surface area contributed by atoms with Gasteiger partial charge in [-0.3, -0.25) is 4.79 Å². The Morgan fingerprint density at radius 2 is 2.09 bits per heavy atom. The van der Waals surface area contributed by atoms with Crippen LogP contribution in [-0.2, 0) is 9.59 Å². The number of rotatable bonds is 7. The average Bonchev–Trinajstić information content (AvgIpc) is 2.03. The van der Waals surface area contributed by atoms with E-state index in [1.165, 1.54) is 0 Å². The zero-order valence-electron chi connectivity index (χ0n) is 6.45. The molecule has 64 valence electrons. The van der Waals surface area contributed by atoms with Crippen molar-refractivity contribution in [2.24, 2.45) is 5.73 Å². The molecule has 0 aliphatic carbocycles. The van der Waals surface area contributed by atoms with E-state index >= 15 is 0 Å². The van der Waals surface area contributed by atoms with E-state index < -0.39 is 0 Å². The molecule has 0 rings (SSSR count). The van der Waals surface area contributed by atoms with Gasteiger partial charge >= 0.3 is 0 Å². The minimum Gasteiger partial charge on any atom is -0.349 e. The first-order valence-corrected chi connectivity index (χ1v) is 3.70. The molecule has 0 heterocycles. The maximum absolute atomic E-state index is 10.2. The monoisotopic (exact) mass is 158 g/mol. The summed E-state index contributed by atoms with van der Waals surface area (Å²) >= 11 is 0. The molecule has 0 saturated carbocycles. The van der Waals surface area contributed by atoms with Crippen molar-refractivity contribution in [3.8, 4) is 0 Å². The molecule has 0 spiro atoms. The molecular formula is C7H14N2O2. The standard InChI is InChI=1S/C7H14N2O2/c8-4-2-1-3-7(5-10)9-6-11/h5-7H,1-4,8H2,(H,9,11)/t7-/m0/s1. The van der Waals surface area contributed by atoms with Crippen molar-refractivity contribution in [2.75, 3.05) is 6.54 Å². The molecule has 0 aromatic heterocycles. The van der Waals surface area contributed by atoms with Crippen molar-refractivity contribution < 1.29 is 9.59 Å². The van der Waals surface area contributed by atoms with Crippen LogP contribution in [0.15, 0.2) is 0 Å². The molecule has 4 nitrogen and oxygen atoms in total. The lowest BCUT2D eigenvalue weighted by atomic mass is 10.1. The summed E-state index contributed by atoms with van der Waals surface area (Å²) in [7, 11) is 0. The Bertz CT molecular complexity index is 117. The zero-order chi connectivity index (χ0) is 8.53. The highest BCUT2D eigenvalue weighted by Gasteiger charge is 2.02. The highest BCUT2D eigenvalue weighted by Crippen LogP contribution is 1.96. The van der Waals surface area contributed by atoms with E-state index in [9.17, 15) is 9.59 Å². The molecule has 4 heteroatoms. The van der Waals surface area contributed by atoms with Gasteiger partial charge in [-0.1, -0.05) is 0 Å². The van der Waals surface area contributed by atoms with Gasteiger partial charge in [0.05, 0.1) is 6.04 Å². The molecule has 0 fully saturated rings. The second-order valence-corrected chi connectivity index (χ2v) is 2.31. The SMILES string of the molecule is NCCCC[C@@H](C=O)NC=O. The van der Waals surface area contributed by atoms with Crippen LogP contribution in [0.4, 0.5) is 0 Å². The largest absolute Gasteiger partial charge is 0.349 e. The molecule has 0 radical (unpaired) electrons. The van der Waals surface area contributed by atoms with Gasteiger partial charge in [-0.15, -0.1) is 0 Å². The summed E-state index contributed by atoms with van der Waals surface area (Å²) in [5, 5.41) is 2.40. The van der Waals surface area contributed by atoms with Crippen molar-refractivity contribution >= 4 is 12.7 Å². The van der Waals surface area contributed by atoms with Gasteiger partial charge in [-0.25, -0.2) is 0 Å². The van der Waals surface area contributed by atoms with Gasteiger partial charge < -0.3 is 15.8 Å². The number of nitrogens with two attached hydrogens (primary N) is 1. The first-order valence-electron chi connectivity index (χ1n) is 3.70. The van der Waals surface area contributed by atoms with Crippen LogP contribution in [0.25, 0.3) is 0 Å². The Morgan fingerprint density at radius 1 is 1.36 bits per heavy atom. The zero-order valence-corrected chi connectivity index (χ0v) is 6.45. The molecule has 0 unspecified atom stereocenters. The molecule has 0 aliphatic rings. The van der Waals surface area contributed by atoms with Crippen molar-refractivity contribution in [1.29, 1.82) is 0 Å². The minimum atomic E-state index is -0.334. The quantitative estimate of drug-likeness (QED) is 0.385. The average molecular weight is 158 g/mol. The van der Waals surface area contributed by atoms with Crippen LogP contribution in [0.5, 0.6) is 0 Å². The Kier molecular flexibility index (Phi) is 6.62. The summed E-state index contributed by atoms with van der Waals surface area (Å²) in [5.74, 6) is 0. The predicted molar refractivity (Wildman–Crippen MR) is 42.0 cm³/mol. The third-order valence-electron chi connectivity index (χ3n) is 1.42. The topological polar surface area (TPSA) is 72.2 Å². The van der Waals surface area contributed by atoms with E-state index in [0.717, 1.165) is 19.1 Å². The second-order valence-electron chi connectivity index (χ2n) is 2.31. The van der Waals surface area contributed by atoms with Crippen LogP contribution in [0.2, 0.25) is 0 Å². The summed E-state index contributed by atoms with van der Waals surface area (Å²) < 4.78 is 0. The number of hydrogen-bond donors (Lipinski definition) is 2. The van der Waals surface area contributed by atoms with E-state index in [1.54, 1.807) is 0 Å². The number of carbonyl (C=O) groups is 2. The number of unbranched alkanes of at least 4 members (excludes halogenated alkanes) is 1. The van der Waals surface area contributed by atoms with Crippen LogP contribution in [0.3, 0.4) is 0 Å². The van der Waals surface area contributed by atoms with Crippen molar-refractivity contribution in [3.05, 3.63) is 0 Å². The lowest BCUT2D eigenvalue weighted by Gasteiger charge is -2.06. The van der Waals surface area contributed by atoms with Crippen LogP contribution < -0.4 is 11.1 Å². The first kappa shape index (κ1) is 10.1. The van der Waals surface area contributed by atoms with Gasteiger partial charge in [0.15, 0.2) is 0 Å². The maximum atomic E-state index is 10.2. The molecule has 0 aromatic rings.